The number of rotatable bonds is 5. The SMILES string of the molecule is CC1CCCCC1NCCSC1CCOCC1. The van der Waals surface area contributed by atoms with Crippen molar-refractivity contribution in [1.29, 1.82) is 0 Å². The molecule has 2 nitrogen and oxygen atoms in total. The topological polar surface area (TPSA) is 21.3 Å². The lowest BCUT2D eigenvalue weighted by Crippen LogP contribution is -2.38. The highest BCUT2D eigenvalue weighted by Gasteiger charge is 2.20. The molecule has 2 rings (SSSR count). The molecule has 1 saturated heterocycles. The molecule has 1 heterocycles. The maximum atomic E-state index is 5.39. The Kier molecular flexibility index (Phi) is 6.16. The molecule has 2 fully saturated rings. The summed E-state index contributed by atoms with van der Waals surface area (Å²) in [5.74, 6) is 2.16. The molecule has 1 saturated carbocycles. The molecule has 0 aromatic rings. The van der Waals surface area contributed by atoms with E-state index in [0.717, 1.165) is 30.4 Å². The Morgan fingerprint density at radius 2 is 1.88 bits per heavy atom. The van der Waals surface area contributed by atoms with E-state index in [-0.39, 0.29) is 0 Å². The van der Waals surface area contributed by atoms with Gasteiger partial charge in [-0.1, -0.05) is 19.8 Å². The third-order valence-corrected chi connectivity index (χ3v) is 5.52. The average molecular weight is 257 g/mol. The second-order valence-electron chi connectivity index (χ2n) is 5.50. The van der Waals surface area contributed by atoms with E-state index in [1.165, 1.54) is 50.8 Å². The third kappa shape index (κ3) is 4.80. The van der Waals surface area contributed by atoms with E-state index in [0.29, 0.717) is 0 Å². The van der Waals surface area contributed by atoms with Gasteiger partial charge in [-0.15, -0.1) is 0 Å². The molecule has 0 amide bonds. The summed E-state index contributed by atoms with van der Waals surface area (Å²) in [6.07, 6.45) is 8.19. The molecule has 0 aromatic carbocycles. The Morgan fingerprint density at radius 3 is 2.65 bits per heavy atom. The van der Waals surface area contributed by atoms with Gasteiger partial charge in [0.2, 0.25) is 0 Å². The zero-order valence-electron chi connectivity index (χ0n) is 11.1. The Bertz CT molecular complexity index is 206. The second-order valence-corrected chi connectivity index (χ2v) is 6.91. The van der Waals surface area contributed by atoms with Crippen LogP contribution in [0.5, 0.6) is 0 Å². The van der Waals surface area contributed by atoms with Gasteiger partial charge in [-0.2, -0.15) is 11.8 Å². The molecule has 17 heavy (non-hydrogen) atoms. The molecular formula is C14H27NOS. The molecule has 0 spiro atoms. The normalized spacial score (nSPS) is 31.6. The summed E-state index contributed by atoms with van der Waals surface area (Å²) in [5.41, 5.74) is 0. The Morgan fingerprint density at radius 1 is 1.12 bits per heavy atom. The molecule has 0 aromatic heterocycles. The Labute approximate surface area is 110 Å². The van der Waals surface area contributed by atoms with Gasteiger partial charge in [-0.3, -0.25) is 0 Å². The van der Waals surface area contributed by atoms with E-state index in [2.05, 4.69) is 24.0 Å². The van der Waals surface area contributed by atoms with Crippen molar-refractivity contribution < 1.29 is 4.74 Å². The summed E-state index contributed by atoms with van der Waals surface area (Å²) in [6, 6.07) is 0.791. The van der Waals surface area contributed by atoms with Crippen molar-refractivity contribution in [1.82, 2.24) is 5.32 Å². The fourth-order valence-electron chi connectivity index (χ4n) is 2.93. The van der Waals surface area contributed by atoms with Gasteiger partial charge < -0.3 is 10.1 Å². The maximum absolute atomic E-state index is 5.39. The number of hydrogen-bond acceptors (Lipinski definition) is 3. The molecule has 2 unspecified atom stereocenters. The summed E-state index contributed by atoms with van der Waals surface area (Å²) in [5, 5.41) is 4.61. The van der Waals surface area contributed by atoms with Crippen LogP contribution < -0.4 is 5.32 Å². The zero-order chi connectivity index (χ0) is 11.9. The van der Waals surface area contributed by atoms with Gasteiger partial charge in [0.15, 0.2) is 0 Å². The van der Waals surface area contributed by atoms with Crippen molar-refractivity contribution >= 4 is 11.8 Å². The van der Waals surface area contributed by atoms with Crippen LogP contribution in [0.3, 0.4) is 0 Å². The minimum Gasteiger partial charge on any atom is -0.381 e. The number of thioether (sulfide) groups is 1. The van der Waals surface area contributed by atoms with E-state index in [1.54, 1.807) is 0 Å². The van der Waals surface area contributed by atoms with Crippen LogP contribution in [0.2, 0.25) is 0 Å². The van der Waals surface area contributed by atoms with Crippen LogP contribution in [0.4, 0.5) is 0 Å². The molecule has 2 aliphatic rings. The zero-order valence-corrected chi connectivity index (χ0v) is 11.9. The van der Waals surface area contributed by atoms with Gasteiger partial charge in [0.05, 0.1) is 0 Å². The predicted octanol–water partition coefficient (Wildman–Crippen LogP) is 3.07. The first-order valence-corrected chi connectivity index (χ1v) is 8.34. The maximum Gasteiger partial charge on any atom is 0.0476 e. The van der Waals surface area contributed by atoms with Crippen molar-refractivity contribution in [3.8, 4) is 0 Å². The van der Waals surface area contributed by atoms with Crippen molar-refractivity contribution in [2.45, 2.75) is 56.7 Å². The lowest BCUT2D eigenvalue weighted by atomic mass is 9.86. The molecule has 1 aliphatic carbocycles. The van der Waals surface area contributed by atoms with Crippen LogP contribution in [0, 0.1) is 5.92 Å². The van der Waals surface area contributed by atoms with Gasteiger partial charge in [0.25, 0.3) is 0 Å². The first-order valence-electron chi connectivity index (χ1n) is 7.29. The third-order valence-electron chi connectivity index (χ3n) is 4.14. The molecule has 0 radical (unpaired) electrons. The average Bonchev–Trinajstić information content (AvgIpc) is 2.38. The van der Waals surface area contributed by atoms with Crippen LogP contribution in [0.1, 0.15) is 45.4 Å². The number of hydrogen-bond donors (Lipinski definition) is 1. The fourth-order valence-corrected chi connectivity index (χ4v) is 4.03. The second kappa shape index (κ2) is 7.65. The van der Waals surface area contributed by atoms with Crippen molar-refractivity contribution in [3.63, 3.8) is 0 Å². The van der Waals surface area contributed by atoms with Crippen LogP contribution in [0.25, 0.3) is 0 Å². The van der Waals surface area contributed by atoms with Crippen LogP contribution in [-0.4, -0.2) is 36.8 Å². The van der Waals surface area contributed by atoms with Crippen molar-refractivity contribution in [3.05, 3.63) is 0 Å². The van der Waals surface area contributed by atoms with E-state index < -0.39 is 0 Å². The Hall–Kier alpha value is 0.270. The van der Waals surface area contributed by atoms with E-state index in [4.69, 9.17) is 4.74 Å². The van der Waals surface area contributed by atoms with Crippen molar-refractivity contribution in [2.24, 2.45) is 5.92 Å². The summed E-state index contributed by atoms with van der Waals surface area (Å²) >= 11 is 2.14. The quantitative estimate of drug-likeness (QED) is 0.765. The molecule has 3 heteroatoms. The molecule has 0 bridgehead atoms. The van der Waals surface area contributed by atoms with E-state index in [9.17, 15) is 0 Å². The van der Waals surface area contributed by atoms with Gasteiger partial charge in [-0.25, -0.2) is 0 Å². The smallest absolute Gasteiger partial charge is 0.0476 e. The van der Waals surface area contributed by atoms with Crippen LogP contribution >= 0.6 is 11.8 Å². The largest absolute Gasteiger partial charge is 0.381 e. The summed E-state index contributed by atoms with van der Waals surface area (Å²) in [6.45, 7) is 5.55. The van der Waals surface area contributed by atoms with Gasteiger partial charge in [-0.05, 0) is 31.6 Å². The monoisotopic (exact) mass is 257 g/mol. The summed E-state index contributed by atoms with van der Waals surface area (Å²) in [7, 11) is 0. The fraction of sp³-hybridized carbons (Fsp3) is 1.00. The van der Waals surface area contributed by atoms with Gasteiger partial charge in [0.1, 0.15) is 0 Å². The van der Waals surface area contributed by atoms with E-state index in [1.807, 2.05) is 0 Å². The molecular weight excluding hydrogens is 230 g/mol. The lowest BCUT2D eigenvalue weighted by Gasteiger charge is -2.30. The number of ether oxygens (including phenoxy) is 1. The first-order chi connectivity index (χ1) is 8.36. The van der Waals surface area contributed by atoms with Crippen LogP contribution in [-0.2, 0) is 4.74 Å². The molecule has 100 valence electrons. The molecule has 2 atom stereocenters. The highest BCUT2D eigenvalue weighted by Crippen LogP contribution is 2.24. The highest BCUT2D eigenvalue weighted by atomic mass is 32.2. The van der Waals surface area contributed by atoms with Gasteiger partial charge >= 0.3 is 0 Å². The van der Waals surface area contributed by atoms with Crippen molar-refractivity contribution in [2.75, 3.05) is 25.5 Å². The predicted molar refractivity (Wildman–Crippen MR) is 75.7 cm³/mol. The van der Waals surface area contributed by atoms with E-state index >= 15 is 0 Å². The Balaban J connectivity index is 1.53. The molecule has 1 aliphatic heterocycles. The minimum atomic E-state index is 0.791. The summed E-state index contributed by atoms with van der Waals surface area (Å²) < 4.78 is 5.39. The molecule has 1 N–H and O–H groups in total. The lowest BCUT2D eigenvalue weighted by molar-refractivity contribution is 0.100. The summed E-state index contributed by atoms with van der Waals surface area (Å²) in [4.78, 5) is 0. The standard InChI is InChI=1S/C14H27NOS/c1-12-4-2-3-5-14(12)15-8-11-17-13-6-9-16-10-7-13/h12-15H,2-11H2,1H3. The highest BCUT2D eigenvalue weighted by molar-refractivity contribution is 7.99. The van der Waals surface area contributed by atoms with Gasteiger partial charge in [0, 0.05) is 36.8 Å². The first kappa shape index (κ1) is 13.7. The minimum absolute atomic E-state index is 0.791. The number of nitrogens with one attached hydrogen (secondary N) is 1. The van der Waals surface area contributed by atoms with Crippen LogP contribution in [0.15, 0.2) is 0 Å².